The van der Waals surface area contributed by atoms with Gasteiger partial charge in [0.15, 0.2) is 9.84 Å². The lowest BCUT2D eigenvalue weighted by atomic mass is 9.84. The Morgan fingerprint density at radius 2 is 1.95 bits per heavy atom. The maximum absolute atomic E-state index is 11.9. The van der Waals surface area contributed by atoms with Crippen molar-refractivity contribution in [2.24, 2.45) is 0 Å². The Labute approximate surface area is 141 Å². The maximum atomic E-state index is 11.9. The molecule has 0 heterocycles. The van der Waals surface area contributed by atoms with Gasteiger partial charge in [-0.3, -0.25) is 0 Å². The zero-order valence-corrected chi connectivity index (χ0v) is 15.7. The van der Waals surface area contributed by atoms with E-state index in [1.165, 1.54) is 0 Å². The van der Waals surface area contributed by atoms with Gasteiger partial charge in [-0.25, -0.2) is 8.42 Å². The van der Waals surface area contributed by atoms with Gasteiger partial charge in [-0.05, 0) is 66.7 Å². The lowest BCUT2D eigenvalue weighted by Gasteiger charge is -2.36. The van der Waals surface area contributed by atoms with E-state index in [0.717, 1.165) is 25.7 Å². The van der Waals surface area contributed by atoms with Crippen molar-refractivity contribution in [2.75, 3.05) is 12.9 Å². The van der Waals surface area contributed by atoms with Crippen molar-refractivity contribution in [2.45, 2.75) is 56.1 Å². The molecule has 1 aromatic carbocycles. The highest BCUT2D eigenvalue weighted by molar-refractivity contribution is 9.10. The molecule has 1 fully saturated rings. The van der Waals surface area contributed by atoms with Crippen molar-refractivity contribution in [3.05, 3.63) is 22.7 Å². The summed E-state index contributed by atoms with van der Waals surface area (Å²) in [6, 6.07) is 4.97. The molecule has 4 nitrogen and oxygen atoms in total. The summed E-state index contributed by atoms with van der Waals surface area (Å²) >= 11 is 3.42. The fraction of sp³-hybridized carbons (Fsp3) is 0.625. The zero-order chi connectivity index (χ0) is 16.4. The third-order valence-electron chi connectivity index (χ3n) is 4.42. The van der Waals surface area contributed by atoms with E-state index < -0.39 is 9.84 Å². The predicted octanol–water partition coefficient (Wildman–Crippen LogP) is 3.97. The number of methoxy groups -OCH3 is 1. The van der Waals surface area contributed by atoms with Gasteiger partial charge in [0.25, 0.3) is 0 Å². The molecule has 0 unspecified atom stereocenters. The third-order valence-corrected chi connectivity index (χ3v) is 6.77. The standard InChI is InChI=1S/C16H23BrO4S/c1-4-22(18,19)13-5-6-15(14(17)11-13)21-12-7-9-16(2,20-3)10-8-12/h5-6,11-12H,4,7-10H2,1-3H3. The Balaban J connectivity index is 2.06. The van der Waals surface area contributed by atoms with E-state index in [1.54, 1.807) is 32.2 Å². The third kappa shape index (κ3) is 4.03. The molecule has 1 saturated carbocycles. The number of sulfone groups is 1. The van der Waals surface area contributed by atoms with Gasteiger partial charge in [-0.2, -0.15) is 0 Å². The molecule has 0 saturated heterocycles. The topological polar surface area (TPSA) is 52.6 Å². The summed E-state index contributed by atoms with van der Waals surface area (Å²) in [5.41, 5.74) is -0.0455. The van der Waals surface area contributed by atoms with E-state index in [4.69, 9.17) is 9.47 Å². The average Bonchev–Trinajstić information content (AvgIpc) is 2.51. The molecule has 1 aliphatic rings. The Morgan fingerprint density at radius 3 is 2.45 bits per heavy atom. The van der Waals surface area contributed by atoms with Crippen LogP contribution in [0.3, 0.4) is 0 Å². The van der Waals surface area contributed by atoms with Crippen molar-refractivity contribution >= 4 is 25.8 Å². The fourth-order valence-corrected chi connectivity index (χ4v) is 4.17. The number of ether oxygens (including phenoxy) is 2. The summed E-state index contributed by atoms with van der Waals surface area (Å²) in [6.07, 6.45) is 3.95. The summed E-state index contributed by atoms with van der Waals surface area (Å²) in [5.74, 6) is 0.791. The monoisotopic (exact) mass is 390 g/mol. The maximum Gasteiger partial charge on any atom is 0.178 e. The Bertz CT molecular complexity index is 619. The molecule has 124 valence electrons. The smallest absolute Gasteiger partial charge is 0.178 e. The SMILES string of the molecule is CCS(=O)(=O)c1ccc(OC2CCC(C)(OC)CC2)c(Br)c1. The van der Waals surface area contributed by atoms with Crippen LogP contribution in [0.4, 0.5) is 0 Å². The van der Waals surface area contributed by atoms with Gasteiger partial charge in [0, 0.05) is 7.11 Å². The molecule has 0 aromatic heterocycles. The minimum Gasteiger partial charge on any atom is -0.489 e. The van der Waals surface area contributed by atoms with Crippen molar-refractivity contribution in [1.82, 2.24) is 0 Å². The number of rotatable bonds is 5. The van der Waals surface area contributed by atoms with Crippen LogP contribution in [0.5, 0.6) is 5.75 Å². The van der Waals surface area contributed by atoms with Crippen molar-refractivity contribution < 1.29 is 17.9 Å². The van der Waals surface area contributed by atoms with E-state index >= 15 is 0 Å². The predicted molar refractivity (Wildman–Crippen MR) is 90.2 cm³/mol. The van der Waals surface area contributed by atoms with Gasteiger partial charge in [-0.1, -0.05) is 6.92 Å². The highest BCUT2D eigenvalue weighted by Gasteiger charge is 2.32. The first kappa shape index (κ1) is 17.8. The molecule has 0 radical (unpaired) electrons. The molecule has 6 heteroatoms. The van der Waals surface area contributed by atoms with E-state index in [9.17, 15) is 8.42 Å². The van der Waals surface area contributed by atoms with Gasteiger partial charge in [0.2, 0.25) is 0 Å². The van der Waals surface area contributed by atoms with Crippen LogP contribution >= 0.6 is 15.9 Å². The molecule has 1 aliphatic carbocycles. The van der Waals surface area contributed by atoms with Crippen LogP contribution < -0.4 is 4.74 Å². The Kier molecular flexibility index (Phi) is 5.56. The van der Waals surface area contributed by atoms with Gasteiger partial charge >= 0.3 is 0 Å². The highest BCUT2D eigenvalue weighted by Crippen LogP contribution is 2.35. The normalized spacial score (nSPS) is 25.9. The van der Waals surface area contributed by atoms with Gasteiger partial charge in [0.05, 0.1) is 26.8 Å². The number of hydrogen-bond acceptors (Lipinski definition) is 4. The second kappa shape index (κ2) is 6.89. The molecule has 0 atom stereocenters. The van der Waals surface area contributed by atoms with Crippen molar-refractivity contribution in [3.63, 3.8) is 0 Å². The van der Waals surface area contributed by atoms with Crippen LogP contribution in [0, 0.1) is 0 Å². The molecular formula is C16H23BrO4S. The van der Waals surface area contributed by atoms with Gasteiger partial charge in [0.1, 0.15) is 5.75 Å². The second-order valence-electron chi connectivity index (χ2n) is 5.97. The van der Waals surface area contributed by atoms with E-state index in [-0.39, 0.29) is 17.5 Å². The molecule has 0 N–H and O–H groups in total. The van der Waals surface area contributed by atoms with E-state index in [1.807, 2.05) is 0 Å². The van der Waals surface area contributed by atoms with Crippen molar-refractivity contribution in [3.8, 4) is 5.75 Å². The quantitative estimate of drug-likeness (QED) is 0.762. The summed E-state index contributed by atoms with van der Waals surface area (Å²) < 4.78 is 36.0. The van der Waals surface area contributed by atoms with Crippen molar-refractivity contribution in [1.29, 1.82) is 0 Å². The highest BCUT2D eigenvalue weighted by atomic mass is 79.9. The van der Waals surface area contributed by atoms with E-state index in [0.29, 0.717) is 15.1 Å². The lowest BCUT2D eigenvalue weighted by molar-refractivity contribution is -0.0458. The minimum absolute atomic E-state index is 0.0455. The van der Waals surface area contributed by atoms with Crippen LogP contribution in [0.1, 0.15) is 39.5 Å². The summed E-state index contributed by atoms with van der Waals surface area (Å²) in [6.45, 7) is 3.77. The van der Waals surface area contributed by atoms with Crippen LogP contribution in [0.25, 0.3) is 0 Å². The van der Waals surface area contributed by atoms with Crippen LogP contribution in [-0.2, 0) is 14.6 Å². The first-order chi connectivity index (χ1) is 10.3. The van der Waals surface area contributed by atoms with E-state index in [2.05, 4.69) is 22.9 Å². The molecule has 0 spiro atoms. The molecule has 2 rings (SSSR count). The molecule has 0 amide bonds. The number of hydrogen-bond donors (Lipinski definition) is 0. The molecule has 1 aromatic rings. The first-order valence-corrected chi connectivity index (χ1v) is 9.98. The largest absolute Gasteiger partial charge is 0.489 e. The second-order valence-corrected chi connectivity index (χ2v) is 9.10. The van der Waals surface area contributed by atoms with Crippen LogP contribution in [0.2, 0.25) is 0 Å². The molecular weight excluding hydrogens is 368 g/mol. The Hall–Kier alpha value is -0.590. The average molecular weight is 391 g/mol. The van der Waals surface area contributed by atoms with Gasteiger partial charge in [-0.15, -0.1) is 0 Å². The molecule has 0 aliphatic heterocycles. The lowest BCUT2D eigenvalue weighted by Crippen LogP contribution is -2.36. The summed E-state index contributed by atoms with van der Waals surface area (Å²) in [7, 11) is -1.44. The summed E-state index contributed by atoms with van der Waals surface area (Å²) in [4.78, 5) is 0.324. The van der Waals surface area contributed by atoms with Crippen LogP contribution in [-0.4, -0.2) is 33.0 Å². The number of halogens is 1. The molecule has 0 bridgehead atoms. The first-order valence-electron chi connectivity index (χ1n) is 7.54. The molecule has 22 heavy (non-hydrogen) atoms. The van der Waals surface area contributed by atoms with Crippen LogP contribution in [0.15, 0.2) is 27.6 Å². The Morgan fingerprint density at radius 1 is 1.32 bits per heavy atom. The fourth-order valence-electron chi connectivity index (χ4n) is 2.64. The number of benzene rings is 1. The van der Waals surface area contributed by atoms with Gasteiger partial charge < -0.3 is 9.47 Å². The minimum atomic E-state index is -3.19. The summed E-state index contributed by atoms with van der Waals surface area (Å²) in [5, 5.41) is 0. The zero-order valence-electron chi connectivity index (χ0n) is 13.3.